The Balaban J connectivity index is 1.40. The Morgan fingerprint density at radius 2 is 1.66 bits per heavy atom. The van der Waals surface area contributed by atoms with E-state index in [1.807, 2.05) is 95.7 Å². The van der Waals surface area contributed by atoms with Gasteiger partial charge < -0.3 is 14.0 Å². The van der Waals surface area contributed by atoms with E-state index in [-0.39, 0.29) is 11.8 Å². The number of benzene rings is 3. The zero-order chi connectivity index (χ0) is 24.5. The first kappa shape index (κ1) is 24.0. The summed E-state index contributed by atoms with van der Waals surface area (Å²) in [6.45, 7) is 3.34. The number of rotatable bonds is 11. The molecule has 35 heavy (non-hydrogen) atoms. The molecule has 4 rings (SSSR count). The van der Waals surface area contributed by atoms with Crippen molar-refractivity contribution in [3.8, 4) is 5.75 Å². The molecule has 0 amide bonds. The second kappa shape index (κ2) is 11.8. The van der Waals surface area contributed by atoms with E-state index in [1.165, 1.54) is 0 Å². The smallest absolute Gasteiger partial charge is 0.305 e. The Hall–Kier alpha value is -4.12. The van der Waals surface area contributed by atoms with Gasteiger partial charge in [-0.15, -0.1) is 0 Å². The number of allylic oxidation sites excluding steroid dienone is 1. The van der Waals surface area contributed by atoms with Crippen LogP contribution in [-0.2, 0) is 22.7 Å². The molecular formula is C30H29NO4. The first-order chi connectivity index (χ1) is 17.1. The molecule has 0 radical (unpaired) electrons. The molecule has 3 aromatic carbocycles. The summed E-state index contributed by atoms with van der Waals surface area (Å²) in [5.74, 6) is 0.526. The number of ketones is 1. The fraction of sp³-hybridized carbons (Fsp3) is 0.200. The predicted molar refractivity (Wildman–Crippen MR) is 138 cm³/mol. The molecule has 0 fully saturated rings. The maximum absolute atomic E-state index is 13.0. The second-order valence-corrected chi connectivity index (χ2v) is 8.20. The molecule has 0 unspecified atom stereocenters. The van der Waals surface area contributed by atoms with Crippen LogP contribution in [0.4, 0.5) is 0 Å². The molecule has 0 atom stereocenters. The van der Waals surface area contributed by atoms with Crippen molar-refractivity contribution in [1.82, 2.24) is 4.57 Å². The van der Waals surface area contributed by atoms with Crippen LogP contribution in [0.25, 0.3) is 17.0 Å². The Morgan fingerprint density at radius 1 is 0.914 bits per heavy atom. The number of nitrogens with zero attached hydrogens (tertiary/aromatic N) is 1. The number of ether oxygens (including phenoxy) is 2. The van der Waals surface area contributed by atoms with Gasteiger partial charge in [-0.3, -0.25) is 9.59 Å². The molecule has 0 N–H and O–H groups in total. The van der Waals surface area contributed by atoms with Gasteiger partial charge in [0.05, 0.1) is 6.61 Å². The summed E-state index contributed by atoms with van der Waals surface area (Å²) in [4.78, 5) is 24.7. The van der Waals surface area contributed by atoms with Crippen molar-refractivity contribution < 1.29 is 19.1 Å². The normalized spacial score (nSPS) is 11.1. The van der Waals surface area contributed by atoms with Gasteiger partial charge in [-0.25, -0.2) is 0 Å². The molecule has 0 aliphatic heterocycles. The summed E-state index contributed by atoms with van der Waals surface area (Å²) < 4.78 is 12.9. The van der Waals surface area contributed by atoms with Crippen molar-refractivity contribution in [2.24, 2.45) is 0 Å². The monoisotopic (exact) mass is 467 g/mol. The zero-order valence-electron chi connectivity index (χ0n) is 19.9. The SMILES string of the molecule is CCOC(=O)CCCn1cc(C(=O)/C=C/c2ccc(OCc3ccccc3)cc2)c2ccccc21. The van der Waals surface area contributed by atoms with Gasteiger partial charge in [-0.05, 0) is 48.7 Å². The average molecular weight is 468 g/mol. The minimum Gasteiger partial charge on any atom is -0.489 e. The van der Waals surface area contributed by atoms with Gasteiger partial charge in [0.1, 0.15) is 12.4 Å². The zero-order valence-corrected chi connectivity index (χ0v) is 19.9. The van der Waals surface area contributed by atoms with Gasteiger partial charge in [0.2, 0.25) is 0 Å². The Labute approximate surface area is 205 Å². The Bertz CT molecular complexity index is 1300. The Morgan fingerprint density at radius 3 is 2.43 bits per heavy atom. The highest BCUT2D eigenvalue weighted by Crippen LogP contribution is 2.23. The van der Waals surface area contributed by atoms with Crippen molar-refractivity contribution in [1.29, 1.82) is 0 Å². The highest BCUT2D eigenvalue weighted by Gasteiger charge is 2.13. The molecule has 0 aliphatic rings. The van der Waals surface area contributed by atoms with Crippen LogP contribution in [0.3, 0.4) is 0 Å². The van der Waals surface area contributed by atoms with E-state index in [9.17, 15) is 9.59 Å². The van der Waals surface area contributed by atoms with Crippen molar-refractivity contribution in [3.05, 3.63) is 108 Å². The van der Waals surface area contributed by atoms with Crippen LogP contribution in [0, 0.1) is 0 Å². The number of esters is 1. The van der Waals surface area contributed by atoms with Crippen molar-refractivity contribution in [2.75, 3.05) is 6.61 Å². The third-order valence-electron chi connectivity index (χ3n) is 5.69. The third kappa shape index (κ3) is 6.48. The highest BCUT2D eigenvalue weighted by atomic mass is 16.5. The van der Waals surface area contributed by atoms with Crippen LogP contribution < -0.4 is 4.74 Å². The Kier molecular flexibility index (Phi) is 8.12. The van der Waals surface area contributed by atoms with Crippen LogP contribution in [0.15, 0.2) is 91.1 Å². The number of carbonyl (C=O) groups excluding carboxylic acids is 2. The summed E-state index contributed by atoms with van der Waals surface area (Å²) in [7, 11) is 0. The first-order valence-corrected chi connectivity index (χ1v) is 11.9. The maximum Gasteiger partial charge on any atom is 0.305 e. The molecule has 1 heterocycles. The maximum atomic E-state index is 13.0. The van der Waals surface area contributed by atoms with Crippen LogP contribution in [0.2, 0.25) is 0 Å². The molecule has 0 saturated heterocycles. The minimum absolute atomic E-state index is 0.0604. The first-order valence-electron chi connectivity index (χ1n) is 11.9. The molecule has 4 aromatic rings. The van der Waals surface area contributed by atoms with Gasteiger partial charge in [0.15, 0.2) is 5.78 Å². The van der Waals surface area contributed by atoms with Crippen LogP contribution in [0.5, 0.6) is 5.75 Å². The molecule has 5 heteroatoms. The lowest BCUT2D eigenvalue weighted by atomic mass is 10.1. The van der Waals surface area contributed by atoms with E-state index in [0.717, 1.165) is 27.8 Å². The number of aromatic nitrogens is 1. The van der Waals surface area contributed by atoms with Crippen LogP contribution in [-0.4, -0.2) is 22.9 Å². The largest absolute Gasteiger partial charge is 0.489 e. The van der Waals surface area contributed by atoms with Gasteiger partial charge in [0, 0.05) is 35.6 Å². The molecule has 5 nitrogen and oxygen atoms in total. The second-order valence-electron chi connectivity index (χ2n) is 8.20. The van der Waals surface area contributed by atoms with E-state index in [0.29, 0.717) is 38.2 Å². The van der Waals surface area contributed by atoms with E-state index in [2.05, 4.69) is 0 Å². The van der Waals surface area contributed by atoms with Gasteiger partial charge in [-0.1, -0.05) is 66.7 Å². The van der Waals surface area contributed by atoms with E-state index < -0.39 is 0 Å². The van der Waals surface area contributed by atoms with Gasteiger partial charge in [-0.2, -0.15) is 0 Å². The van der Waals surface area contributed by atoms with Crippen molar-refractivity contribution >= 4 is 28.7 Å². The number of hydrogen-bond donors (Lipinski definition) is 0. The number of carbonyl (C=O) groups is 2. The summed E-state index contributed by atoms with van der Waals surface area (Å²) in [6, 6.07) is 25.5. The molecule has 0 bridgehead atoms. The summed E-state index contributed by atoms with van der Waals surface area (Å²) in [5, 5.41) is 0.906. The molecule has 1 aromatic heterocycles. The van der Waals surface area contributed by atoms with Crippen molar-refractivity contribution in [2.45, 2.75) is 32.9 Å². The fourth-order valence-corrected chi connectivity index (χ4v) is 3.93. The molecule has 0 aliphatic carbocycles. The van der Waals surface area contributed by atoms with Crippen LogP contribution >= 0.6 is 0 Å². The number of para-hydroxylation sites is 1. The summed E-state index contributed by atoms with van der Waals surface area (Å²) >= 11 is 0. The molecular weight excluding hydrogens is 438 g/mol. The van der Waals surface area contributed by atoms with Crippen molar-refractivity contribution in [3.63, 3.8) is 0 Å². The van der Waals surface area contributed by atoms with Gasteiger partial charge >= 0.3 is 5.97 Å². The molecule has 178 valence electrons. The topological polar surface area (TPSA) is 57.5 Å². The number of aryl methyl sites for hydroxylation is 1. The van der Waals surface area contributed by atoms with E-state index in [4.69, 9.17) is 9.47 Å². The minimum atomic E-state index is -0.195. The lowest BCUT2D eigenvalue weighted by Gasteiger charge is -2.06. The quantitative estimate of drug-likeness (QED) is 0.144. The van der Waals surface area contributed by atoms with E-state index in [1.54, 1.807) is 13.0 Å². The standard InChI is InChI=1S/C30H29NO4/c1-2-34-30(33)13-8-20-31-21-27(26-11-6-7-12-28(26)31)29(32)19-16-23-14-17-25(18-15-23)35-22-24-9-4-3-5-10-24/h3-7,9-12,14-19,21H,2,8,13,20,22H2,1H3/b19-16+. The van der Waals surface area contributed by atoms with Gasteiger partial charge in [0.25, 0.3) is 0 Å². The lowest BCUT2D eigenvalue weighted by Crippen LogP contribution is -2.06. The number of fused-ring (bicyclic) bond motifs is 1. The fourth-order valence-electron chi connectivity index (χ4n) is 3.93. The molecule has 0 spiro atoms. The average Bonchev–Trinajstić information content (AvgIpc) is 3.26. The molecule has 0 saturated carbocycles. The summed E-state index contributed by atoms with van der Waals surface area (Å²) in [5.41, 5.74) is 3.66. The lowest BCUT2D eigenvalue weighted by molar-refractivity contribution is -0.143. The van der Waals surface area contributed by atoms with E-state index >= 15 is 0 Å². The predicted octanol–water partition coefficient (Wildman–Crippen LogP) is 6.46. The van der Waals surface area contributed by atoms with Crippen LogP contribution in [0.1, 0.15) is 41.3 Å². The third-order valence-corrected chi connectivity index (χ3v) is 5.69. The number of hydrogen-bond acceptors (Lipinski definition) is 4. The highest BCUT2D eigenvalue weighted by molar-refractivity contribution is 6.14. The summed E-state index contributed by atoms with van der Waals surface area (Å²) in [6.07, 6.45) is 6.30.